The van der Waals surface area contributed by atoms with Gasteiger partial charge in [-0.05, 0) is 86.0 Å². The van der Waals surface area contributed by atoms with Crippen molar-refractivity contribution in [2.24, 2.45) is 0 Å². The number of amides is 2. The van der Waals surface area contributed by atoms with Crippen molar-refractivity contribution in [1.29, 1.82) is 0 Å². The highest BCUT2D eigenvalue weighted by molar-refractivity contribution is 7.92. The van der Waals surface area contributed by atoms with Crippen LogP contribution in [0.15, 0.2) is 77.7 Å². The first-order valence-electron chi connectivity index (χ1n) is 13.8. The minimum Gasteiger partial charge on any atom is -0.497 e. The fraction of sp³-hybridized carbons (Fsp3) is 0.355. The predicted octanol–water partition coefficient (Wildman–Crippen LogP) is 6.06. The number of carbonyl (C=O) groups is 2. The van der Waals surface area contributed by atoms with Gasteiger partial charge in [-0.25, -0.2) is 8.42 Å². The maximum Gasteiger partial charge on any atom is 0.264 e. The number of halogens is 2. The van der Waals surface area contributed by atoms with Crippen molar-refractivity contribution in [3.8, 4) is 5.75 Å². The van der Waals surface area contributed by atoms with Gasteiger partial charge < -0.3 is 15.0 Å². The van der Waals surface area contributed by atoms with Crippen LogP contribution in [0.3, 0.4) is 0 Å². The summed E-state index contributed by atoms with van der Waals surface area (Å²) >= 11 is 12.3. The molecule has 1 atom stereocenters. The molecular formula is C31H35Cl2N3O5S. The molecule has 1 saturated carbocycles. The van der Waals surface area contributed by atoms with E-state index in [1.165, 1.54) is 48.4 Å². The third kappa shape index (κ3) is 7.96. The molecule has 1 N–H and O–H groups in total. The second-order valence-electron chi connectivity index (χ2n) is 10.3. The summed E-state index contributed by atoms with van der Waals surface area (Å²) in [5.41, 5.74) is 0.967. The SMILES string of the molecule is COc1ccc(S(=O)(=O)N(CC(=O)N(Cc2cccc(Cl)c2)C(C)C(=O)NC2CCCCC2)c2ccc(Cl)cc2)cc1. The molecule has 3 aromatic rings. The van der Waals surface area contributed by atoms with Gasteiger partial charge in [0.05, 0.1) is 17.7 Å². The van der Waals surface area contributed by atoms with E-state index in [1.807, 2.05) is 6.07 Å². The summed E-state index contributed by atoms with van der Waals surface area (Å²) in [6, 6.07) is 18.3. The van der Waals surface area contributed by atoms with Gasteiger partial charge >= 0.3 is 0 Å². The van der Waals surface area contributed by atoms with Gasteiger partial charge in [0, 0.05) is 22.6 Å². The lowest BCUT2D eigenvalue weighted by Gasteiger charge is -2.33. The molecule has 11 heteroatoms. The molecule has 42 heavy (non-hydrogen) atoms. The maximum atomic E-state index is 14.1. The highest BCUT2D eigenvalue weighted by atomic mass is 35.5. The van der Waals surface area contributed by atoms with E-state index in [9.17, 15) is 18.0 Å². The number of methoxy groups -OCH3 is 1. The summed E-state index contributed by atoms with van der Waals surface area (Å²) in [5, 5.41) is 4.00. The topological polar surface area (TPSA) is 96.0 Å². The molecule has 0 aliphatic heterocycles. The number of anilines is 1. The Morgan fingerprint density at radius 2 is 1.62 bits per heavy atom. The van der Waals surface area contributed by atoms with Crippen LogP contribution in [0.4, 0.5) is 5.69 Å². The van der Waals surface area contributed by atoms with Gasteiger partial charge in [-0.1, -0.05) is 54.6 Å². The van der Waals surface area contributed by atoms with E-state index in [1.54, 1.807) is 37.3 Å². The van der Waals surface area contributed by atoms with Crippen LogP contribution < -0.4 is 14.4 Å². The van der Waals surface area contributed by atoms with E-state index in [4.69, 9.17) is 27.9 Å². The van der Waals surface area contributed by atoms with Crippen LogP contribution in [-0.2, 0) is 26.2 Å². The quantitative estimate of drug-likeness (QED) is 0.277. The lowest BCUT2D eigenvalue weighted by atomic mass is 9.95. The van der Waals surface area contributed by atoms with Gasteiger partial charge in [-0.15, -0.1) is 0 Å². The van der Waals surface area contributed by atoms with Crippen molar-refractivity contribution >= 4 is 50.7 Å². The molecule has 0 heterocycles. The maximum absolute atomic E-state index is 14.1. The van der Waals surface area contributed by atoms with E-state index < -0.39 is 28.5 Å². The largest absolute Gasteiger partial charge is 0.497 e. The molecule has 2 amide bonds. The Morgan fingerprint density at radius 3 is 2.24 bits per heavy atom. The van der Waals surface area contributed by atoms with E-state index in [0.29, 0.717) is 21.4 Å². The average Bonchev–Trinajstić information content (AvgIpc) is 2.99. The monoisotopic (exact) mass is 631 g/mol. The average molecular weight is 633 g/mol. The van der Waals surface area contributed by atoms with Crippen molar-refractivity contribution in [3.63, 3.8) is 0 Å². The third-order valence-corrected chi connectivity index (χ3v) is 9.68. The lowest BCUT2D eigenvalue weighted by molar-refractivity contribution is -0.139. The summed E-state index contributed by atoms with van der Waals surface area (Å²) in [5.74, 6) is -0.338. The first-order valence-corrected chi connectivity index (χ1v) is 16.0. The number of nitrogens with one attached hydrogen (secondary N) is 1. The Bertz CT molecular complexity index is 1480. The molecule has 4 rings (SSSR count). The molecule has 0 bridgehead atoms. The summed E-state index contributed by atoms with van der Waals surface area (Å²) in [6.45, 7) is 1.18. The molecule has 0 saturated heterocycles. The number of rotatable bonds is 11. The first-order chi connectivity index (χ1) is 20.1. The number of hydrogen-bond donors (Lipinski definition) is 1. The van der Waals surface area contributed by atoms with E-state index in [-0.39, 0.29) is 29.1 Å². The van der Waals surface area contributed by atoms with Crippen molar-refractivity contribution in [2.75, 3.05) is 18.0 Å². The van der Waals surface area contributed by atoms with Crippen LogP contribution in [0.1, 0.15) is 44.6 Å². The van der Waals surface area contributed by atoms with Crippen molar-refractivity contribution < 1.29 is 22.7 Å². The van der Waals surface area contributed by atoms with Crippen LogP contribution >= 0.6 is 23.2 Å². The molecule has 224 valence electrons. The van der Waals surface area contributed by atoms with Gasteiger partial charge in [-0.2, -0.15) is 0 Å². The minimum atomic E-state index is -4.20. The fourth-order valence-corrected chi connectivity index (χ4v) is 6.75. The van der Waals surface area contributed by atoms with Gasteiger partial charge in [0.25, 0.3) is 10.0 Å². The molecular weight excluding hydrogens is 597 g/mol. The van der Waals surface area contributed by atoms with Gasteiger partial charge in [0.2, 0.25) is 11.8 Å². The Morgan fingerprint density at radius 1 is 0.952 bits per heavy atom. The van der Waals surface area contributed by atoms with Crippen LogP contribution in [-0.4, -0.2) is 50.9 Å². The smallest absolute Gasteiger partial charge is 0.264 e. The number of carbonyl (C=O) groups excluding carboxylic acids is 2. The minimum absolute atomic E-state index is 0.0180. The molecule has 3 aromatic carbocycles. The number of nitrogens with zero attached hydrogens (tertiary/aromatic N) is 2. The van der Waals surface area contributed by atoms with E-state index in [0.717, 1.165) is 36.4 Å². The Labute approximate surface area is 257 Å². The summed E-state index contributed by atoms with van der Waals surface area (Å²) in [4.78, 5) is 28.8. The Hall–Kier alpha value is -3.27. The second-order valence-corrected chi connectivity index (χ2v) is 13.1. The number of benzene rings is 3. The van der Waals surface area contributed by atoms with E-state index in [2.05, 4.69) is 5.32 Å². The molecule has 0 radical (unpaired) electrons. The fourth-order valence-electron chi connectivity index (χ4n) is 4.99. The highest BCUT2D eigenvalue weighted by Gasteiger charge is 2.33. The third-order valence-electron chi connectivity index (χ3n) is 7.40. The molecule has 1 aliphatic rings. The van der Waals surface area contributed by atoms with Gasteiger partial charge in [0.1, 0.15) is 18.3 Å². The van der Waals surface area contributed by atoms with Crippen LogP contribution in [0.5, 0.6) is 5.75 Å². The van der Waals surface area contributed by atoms with Crippen LogP contribution in [0.2, 0.25) is 10.0 Å². The zero-order chi connectivity index (χ0) is 30.3. The summed E-state index contributed by atoms with van der Waals surface area (Å²) in [7, 11) is -2.71. The zero-order valence-electron chi connectivity index (χ0n) is 23.6. The molecule has 8 nitrogen and oxygen atoms in total. The molecule has 1 aliphatic carbocycles. The summed E-state index contributed by atoms with van der Waals surface area (Å²) < 4.78 is 34.1. The Balaban J connectivity index is 1.67. The molecule has 1 unspecified atom stereocenters. The number of ether oxygens (including phenoxy) is 1. The second kappa shape index (κ2) is 14.3. The molecule has 0 aromatic heterocycles. The highest BCUT2D eigenvalue weighted by Crippen LogP contribution is 2.27. The first kappa shape index (κ1) is 31.7. The lowest BCUT2D eigenvalue weighted by Crippen LogP contribution is -2.53. The van der Waals surface area contributed by atoms with Crippen LogP contribution in [0.25, 0.3) is 0 Å². The van der Waals surface area contributed by atoms with Crippen molar-refractivity contribution in [3.05, 3.63) is 88.4 Å². The van der Waals surface area contributed by atoms with Crippen molar-refractivity contribution in [1.82, 2.24) is 10.2 Å². The normalized spacial score (nSPS) is 14.6. The Kier molecular flexibility index (Phi) is 10.8. The van der Waals surface area contributed by atoms with Gasteiger partial charge in [-0.3, -0.25) is 13.9 Å². The van der Waals surface area contributed by atoms with E-state index >= 15 is 0 Å². The van der Waals surface area contributed by atoms with Gasteiger partial charge in [0.15, 0.2) is 0 Å². The number of sulfonamides is 1. The molecule has 0 spiro atoms. The zero-order valence-corrected chi connectivity index (χ0v) is 26.0. The summed E-state index contributed by atoms with van der Waals surface area (Å²) in [6.07, 6.45) is 5.02. The number of hydrogen-bond acceptors (Lipinski definition) is 5. The molecule has 1 fully saturated rings. The standard InChI is InChI=1S/C31H35Cl2N3O5S/c1-22(31(38)34-26-9-4-3-5-10-26)35(20-23-7-6-8-25(33)19-23)30(37)21-36(27-13-11-24(32)12-14-27)42(39,40)29-17-15-28(41-2)16-18-29/h6-8,11-19,22,26H,3-5,9-10,20-21H2,1-2H3,(H,34,38). The van der Waals surface area contributed by atoms with Crippen LogP contribution in [0, 0.1) is 0 Å². The predicted molar refractivity (Wildman–Crippen MR) is 165 cm³/mol. The van der Waals surface area contributed by atoms with Crippen molar-refractivity contribution in [2.45, 2.75) is 62.6 Å².